The number of rotatable bonds is 5. The van der Waals surface area contributed by atoms with Crippen molar-refractivity contribution in [2.24, 2.45) is 5.92 Å². The quantitative estimate of drug-likeness (QED) is 0.714. The third kappa shape index (κ3) is 7.03. The van der Waals surface area contributed by atoms with Crippen molar-refractivity contribution >= 4 is 0 Å². The molecule has 2 nitrogen and oxygen atoms in total. The summed E-state index contributed by atoms with van der Waals surface area (Å²) in [6.07, 6.45) is 0.337. The van der Waals surface area contributed by atoms with Gasteiger partial charge in [-0.1, -0.05) is 13.8 Å². The predicted octanol–water partition coefficient (Wildman–Crippen LogP) is 2.44. The van der Waals surface area contributed by atoms with Crippen LogP contribution in [-0.2, 0) is 4.74 Å². The number of hydrogen-bond donors (Lipinski definition) is 1. The van der Waals surface area contributed by atoms with Crippen molar-refractivity contribution in [1.82, 2.24) is 5.32 Å². The Morgan fingerprint density at radius 2 is 1.77 bits per heavy atom. The molecule has 0 heterocycles. The molecule has 0 saturated heterocycles. The molecule has 0 radical (unpaired) electrons. The molecule has 0 aromatic rings. The van der Waals surface area contributed by atoms with E-state index in [0.29, 0.717) is 12.0 Å². The van der Waals surface area contributed by atoms with Gasteiger partial charge in [-0.3, -0.25) is 0 Å². The molecule has 2 heteroatoms. The largest absolute Gasteiger partial charge is 0.377 e. The molecule has 1 atom stereocenters. The van der Waals surface area contributed by atoms with E-state index in [1.807, 2.05) is 6.92 Å². The van der Waals surface area contributed by atoms with Crippen LogP contribution in [-0.4, -0.2) is 24.8 Å². The van der Waals surface area contributed by atoms with Gasteiger partial charge in [-0.25, -0.2) is 0 Å². The Morgan fingerprint density at radius 1 is 1.23 bits per heavy atom. The van der Waals surface area contributed by atoms with Gasteiger partial charge in [0.2, 0.25) is 0 Å². The van der Waals surface area contributed by atoms with Crippen LogP contribution in [0.5, 0.6) is 0 Å². The third-order valence-electron chi connectivity index (χ3n) is 1.96. The normalized spacial score (nSPS) is 15.0. The summed E-state index contributed by atoms with van der Waals surface area (Å²) in [6.45, 7) is 14.7. The Bertz CT molecular complexity index is 127. The molecular weight excluding hydrogens is 162 g/mol. The molecule has 0 aromatic carbocycles. The average Bonchev–Trinajstić information content (AvgIpc) is 1.95. The molecule has 0 saturated carbocycles. The van der Waals surface area contributed by atoms with Crippen LogP contribution in [0.1, 0.15) is 41.5 Å². The fraction of sp³-hybridized carbons (Fsp3) is 1.00. The Hall–Kier alpha value is -0.0800. The van der Waals surface area contributed by atoms with E-state index in [-0.39, 0.29) is 5.54 Å². The van der Waals surface area contributed by atoms with Crippen molar-refractivity contribution in [3.63, 3.8) is 0 Å². The van der Waals surface area contributed by atoms with Gasteiger partial charge in [0.05, 0.1) is 6.10 Å². The van der Waals surface area contributed by atoms with E-state index < -0.39 is 0 Å². The second-order valence-corrected chi connectivity index (χ2v) is 4.87. The molecule has 0 aliphatic rings. The smallest absolute Gasteiger partial charge is 0.0722 e. The summed E-state index contributed by atoms with van der Waals surface area (Å²) in [5.74, 6) is 0.579. The van der Waals surface area contributed by atoms with E-state index in [2.05, 4.69) is 39.9 Å². The van der Waals surface area contributed by atoms with Crippen LogP contribution >= 0.6 is 0 Å². The predicted molar refractivity (Wildman–Crippen MR) is 58.0 cm³/mol. The molecule has 0 fully saturated rings. The summed E-state index contributed by atoms with van der Waals surface area (Å²) in [5, 5.41) is 3.46. The summed E-state index contributed by atoms with van der Waals surface area (Å²) >= 11 is 0. The Balaban J connectivity index is 3.82. The third-order valence-corrected chi connectivity index (χ3v) is 1.96. The molecule has 0 amide bonds. The minimum Gasteiger partial charge on any atom is -0.377 e. The van der Waals surface area contributed by atoms with Gasteiger partial charge < -0.3 is 10.1 Å². The SMILES string of the molecule is CCOC(CNC(C)(C)C)C(C)C. The van der Waals surface area contributed by atoms with Crippen LogP contribution in [0.2, 0.25) is 0 Å². The van der Waals surface area contributed by atoms with Crippen LogP contribution in [0.3, 0.4) is 0 Å². The summed E-state index contributed by atoms with van der Waals surface area (Å²) in [4.78, 5) is 0. The van der Waals surface area contributed by atoms with Crippen LogP contribution in [0.15, 0.2) is 0 Å². The standard InChI is InChI=1S/C11H25NO/c1-7-13-10(9(2)3)8-12-11(4,5)6/h9-10,12H,7-8H2,1-6H3. The zero-order valence-electron chi connectivity index (χ0n) is 9.98. The van der Waals surface area contributed by atoms with Gasteiger partial charge in [0, 0.05) is 18.7 Å². The van der Waals surface area contributed by atoms with Crippen LogP contribution in [0.25, 0.3) is 0 Å². The van der Waals surface area contributed by atoms with Gasteiger partial charge in [0.1, 0.15) is 0 Å². The number of nitrogens with one attached hydrogen (secondary N) is 1. The molecule has 13 heavy (non-hydrogen) atoms. The highest BCUT2D eigenvalue weighted by atomic mass is 16.5. The minimum atomic E-state index is 0.185. The van der Waals surface area contributed by atoms with Crippen LogP contribution in [0, 0.1) is 5.92 Å². The van der Waals surface area contributed by atoms with E-state index in [1.165, 1.54) is 0 Å². The molecule has 0 aliphatic carbocycles. The van der Waals surface area contributed by atoms with E-state index >= 15 is 0 Å². The molecule has 80 valence electrons. The maximum absolute atomic E-state index is 5.64. The highest BCUT2D eigenvalue weighted by molar-refractivity contribution is 4.74. The lowest BCUT2D eigenvalue weighted by Gasteiger charge is -2.27. The van der Waals surface area contributed by atoms with E-state index in [0.717, 1.165) is 13.2 Å². The summed E-state index contributed by atoms with van der Waals surface area (Å²) in [5.41, 5.74) is 0.185. The summed E-state index contributed by atoms with van der Waals surface area (Å²) < 4.78 is 5.64. The first-order valence-electron chi connectivity index (χ1n) is 5.23. The van der Waals surface area contributed by atoms with Crippen LogP contribution in [0.4, 0.5) is 0 Å². The molecule has 1 unspecified atom stereocenters. The number of ether oxygens (including phenoxy) is 1. The second kappa shape index (κ2) is 5.61. The van der Waals surface area contributed by atoms with Gasteiger partial charge in [-0.15, -0.1) is 0 Å². The maximum atomic E-state index is 5.64. The summed E-state index contributed by atoms with van der Waals surface area (Å²) in [6, 6.07) is 0. The van der Waals surface area contributed by atoms with Gasteiger partial charge in [0.25, 0.3) is 0 Å². The lowest BCUT2D eigenvalue weighted by molar-refractivity contribution is 0.0271. The Labute approximate surface area is 83.1 Å². The topological polar surface area (TPSA) is 21.3 Å². The van der Waals surface area contributed by atoms with Crippen molar-refractivity contribution in [2.45, 2.75) is 53.2 Å². The van der Waals surface area contributed by atoms with E-state index in [1.54, 1.807) is 0 Å². The van der Waals surface area contributed by atoms with Gasteiger partial charge in [-0.2, -0.15) is 0 Å². The first-order valence-corrected chi connectivity index (χ1v) is 5.23. The van der Waals surface area contributed by atoms with Crippen molar-refractivity contribution in [1.29, 1.82) is 0 Å². The fourth-order valence-electron chi connectivity index (χ4n) is 1.11. The highest BCUT2D eigenvalue weighted by Crippen LogP contribution is 2.07. The average molecular weight is 187 g/mol. The fourth-order valence-corrected chi connectivity index (χ4v) is 1.11. The molecule has 0 rings (SSSR count). The van der Waals surface area contributed by atoms with Gasteiger partial charge in [-0.05, 0) is 33.6 Å². The molecular formula is C11H25NO. The molecule has 0 bridgehead atoms. The lowest BCUT2D eigenvalue weighted by atomic mass is 10.0. The zero-order chi connectivity index (χ0) is 10.5. The van der Waals surface area contributed by atoms with Gasteiger partial charge in [0.15, 0.2) is 0 Å². The molecule has 1 N–H and O–H groups in total. The second-order valence-electron chi connectivity index (χ2n) is 4.87. The van der Waals surface area contributed by atoms with Gasteiger partial charge >= 0.3 is 0 Å². The Morgan fingerprint density at radius 3 is 2.08 bits per heavy atom. The van der Waals surface area contributed by atoms with Crippen molar-refractivity contribution in [2.75, 3.05) is 13.2 Å². The monoisotopic (exact) mass is 187 g/mol. The molecule has 0 aliphatic heterocycles. The maximum Gasteiger partial charge on any atom is 0.0722 e. The first kappa shape index (κ1) is 12.9. The van der Waals surface area contributed by atoms with Crippen LogP contribution < -0.4 is 5.32 Å². The zero-order valence-corrected chi connectivity index (χ0v) is 9.98. The van der Waals surface area contributed by atoms with Crippen molar-refractivity contribution < 1.29 is 4.74 Å². The van der Waals surface area contributed by atoms with Crippen molar-refractivity contribution in [3.8, 4) is 0 Å². The first-order chi connectivity index (χ1) is 5.87. The van der Waals surface area contributed by atoms with Crippen molar-refractivity contribution in [3.05, 3.63) is 0 Å². The van der Waals surface area contributed by atoms with E-state index in [4.69, 9.17) is 4.74 Å². The minimum absolute atomic E-state index is 0.185. The molecule has 0 aromatic heterocycles. The molecule has 0 spiro atoms. The number of hydrogen-bond acceptors (Lipinski definition) is 2. The lowest BCUT2D eigenvalue weighted by Crippen LogP contribution is -2.43. The Kier molecular flexibility index (Phi) is 5.57. The van der Waals surface area contributed by atoms with E-state index in [9.17, 15) is 0 Å². The highest BCUT2D eigenvalue weighted by Gasteiger charge is 2.16. The summed E-state index contributed by atoms with van der Waals surface area (Å²) in [7, 11) is 0.